The van der Waals surface area contributed by atoms with Crippen LogP contribution in [0.4, 0.5) is 0 Å². The van der Waals surface area contributed by atoms with Gasteiger partial charge in [0, 0.05) is 26.2 Å². The van der Waals surface area contributed by atoms with Gasteiger partial charge >= 0.3 is 0 Å². The Bertz CT molecular complexity index is 324. The van der Waals surface area contributed by atoms with Crippen LogP contribution in [0.1, 0.15) is 26.2 Å². The summed E-state index contributed by atoms with van der Waals surface area (Å²) in [6, 6.07) is 0.0949. The van der Waals surface area contributed by atoms with Gasteiger partial charge in [0.05, 0.1) is 11.4 Å². The number of ether oxygens (including phenoxy) is 1. The Hall–Kier alpha value is 0.310. The number of halogens is 1. The van der Waals surface area contributed by atoms with Crippen LogP contribution in [0.25, 0.3) is 0 Å². The molecule has 0 radical (unpaired) electrons. The van der Waals surface area contributed by atoms with E-state index in [4.69, 9.17) is 4.74 Å². The van der Waals surface area contributed by atoms with Gasteiger partial charge in [-0.15, -0.1) is 0 Å². The summed E-state index contributed by atoms with van der Waals surface area (Å²) in [4.78, 5) is 0.00220. The highest BCUT2D eigenvalue weighted by atomic mass is 79.9. The van der Waals surface area contributed by atoms with Crippen molar-refractivity contribution in [1.82, 2.24) is 9.03 Å². The second-order valence-corrected chi connectivity index (χ2v) is 7.36. The summed E-state index contributed by atoms with van der Waals surface area (Å²) in [5.74, 6) is 0. The molecule has 0 aromatic heterocycles. The maximum atomic E-state index is 12.1. The van der Waals surface area contributed by atoms with E-state index in [2.05, 4.69) is 20.7 Å². The number of hydrogen-bond donors (Lipinski definition) is 1. The molecule has 17 heavy (non-hydrogen) atoms. The van der Waals surface area contributed by atoms with Gasteiger partial charge < -0.3 is 4.74 Å². The number of methoxy groups -OCH3 is 1. The van der Waals surface area contributed by atoms with Crippen LogP contribution in [-0.4, -0.2) is 50.4 Å². The Balaban J connectivity index is 2.49. The molecule has 0 saturated carbocycles. The summed E-state index contributed by atoms with van der Waals surface area (Å²) in [7, 11) is -1.76. The van der Waals surface area contributed by atoms with Crippen molar-refractivity contribution < 1.29 is 13.2 Å². The van der Waals surface area contributed by atoms with E-state index in [9.17, 15) is 8.42 Å². The van der Waals surface area contributed by atoms with Gasteiger partial charge in [0.25, 0.3) is 10.2 Å². The van der Waals surface area contributed by atoms with Crippen LogP contribution in [0.5, 0.6) is 0 Å². The first-order chi connectivity index (χ1) is 7.97. The number of nitrogens with zero attached hydrogens (tertiary/aromatic N) is 1. The van der Waals surface area contributed by atoms with Crippen molar-refractivity contribution in [2.24, 2.45) is 0 Å². The SMILES string of the molecule is COCC(Br)CNS(=O)(=O)N1CCCCC1C. The monoisotopic (exact) mass is 328 g/mol. The molecule has 102 valence electrons. The zero-order valence-electron chi connectivity index (χ0n) is 10.4. The second-order valence-electron chi connectivity index (χ2n) is 4.36. The lowest BCUT2D eigenvalue weighted by atomic mass is 10.1. The van der Waals surface area contributed by atoms with Crippen molar-refractivity contribution in [2.75, 3.05) is 26.8 Å². The highest BCUT2D eigenvalue weighted by Crippen LogP contribution is 2.19. The van der Waals surface area contributed by atoms with Crippen LogP contribution >= 0.6 is 15.9 Å². The number of piperidine rings is 1. The topological polar surface area (TPSA) is 58.6 Å². The molecule has 1 saturated heterocycles. The molecule has 0 aliphatic carbocycles. The minimum atomic E-state index is -3.35. The van der Waals surface area contributed by atoms with Crippen LogP contribution in [0, 0.1) is 0 Å². The first-order valence-electron chi connectivity index (χ1n) is 5.87. The van der Waals surface area contributed by atoms with Gasteiger partial charge in [-0.3, -0.25) is 0 Å². The molecular weight excluding hydrogens is 308 g/mol. The lowest BCUT2D eigenvalue weighted by Gasteiger charge is -2.32. The first kappa shape index (κ1) is 15.4. The molecule has 0 spiro atoms. The Morgan fingerprint density at radius 3 is 2.82 bits per heavy atom. The fraction of sp³-hybridized carbons (Fsp3) is 1.00. The summed E-state index contributed by atoms with van der Waals surface area (Å²) < 4.78 is 33.2. The van der Waals surface area contributed by atoms with Gasteiger partial charge in [-0.2, -0.15) is 12.7 Å². The Labute approximate surface area is 112 Å². The van der Waals surface area contributed by atoms with E-state index in [-0.39, 0.29) is 10.9 Å². The maximum Gasteiger partial charge on any atom is 0.279 e. The number of rotatable bonds is 6. The normalized spacial score (nSPS) is 24.8. The Morgan fingerprint density at radius 2 is 2.24 bits per heavy atom. The van der Waals surface area contributed by atoms with Crippen LogP contribution in [-0.2, 0) is 14.9 Å². The van der Waals surface area contributed by atoms with Gasteiger partial charge in [0.1, 0.15) is 0 Å². The van der Waals surface area contributed by atoms with E-state index in [1.54, 1.807) is 11.4 Å². The molecule has 0 aromatic rings. The second kappa shape index (κ2) is 7.04. The molecule has 0 aromatic carbocycles. The van der Waals surface area contributed by atoms with Crippen LogP contribution < -0.4 is 4.72 Å². The molecule has 1 heterocycles. The fourth-order valence-corrected chi connectivity index (χ4v) is 4.11. The van der Waals surface area contributed by atoms with E-state index in [0.29, 0.717) is 19.7 Å². The Morgan fingerprint density at radius 1 is 1.53 bits per heavy atom. The molecule has 2 unspecified atom stereocenters. The number of hydrogen-bond acceptors (Lipinski definition) is 3. The van der Waals surface area contributed by atoms with Gasteiger partial charge in [0.2, 0.25) is 0 Å². The van der Waals surface area contributed by atoms with Crippen molar-refractivity contribution in [3.8, 4) is 0 Å². The van der Waals surface area contributed by atoms with Gasteiger partial charge in [-0.25, -0.2) is 4.72 Å². The minimum absolute atomic E-state index is 0.00220. The zero-order valence-corrected chi connectivity index (χ0v) is 12.8. The number of nitrogens with one attached hydrogen (secondary N) is 1. The fourth-order valence-electron chi connectivity index (χ4n) is 1.95. The predicted molar refractivity (Wildman–Crippen MR) is 71.5 cm³/mol. The smallest absolute Gasteiger partial charge is 0.279 e. The zero-order chi connectivity index (χ0) is 12.9. The molecule has 1 rings (SSSR count). The van der Waals surface area contributed by atoms with Gasteiger partial charge in [0.15, 0.2) is 0 Å². The third-order valence-electron chi connectivity index (χ3n) is 2.89. The first-order valence-corrected chi connectivity index (χ1v) is 8.22. The van der Waals surface area contributed by atoms with E-state index >= 15 is 0 Å². The third-order valence-corrected chi connectivity index (χ3v) is 5.16. The highest BCUT2D eigenvalue weighted by Gasteiger charge is 2.29. The molecule has 7 heteroatoms. The average Bonchev–Trinajstić information content (AvgIpc) is 2.27. The summed E-state index contributed by atoms with van der Waals surface area (Å²) in [5.41, 5.74) is 0. The van der Waals surface area contributed by atoms with E-state index in [1.807, 2.05) is 6.92 Å². The number of alkyl halides is 1. The molecule has 1 fully saturated rings. The molecule has 0 bridgehead atoms. The summed E-state index contributed by atoms with van der Waals surface area (Å²) in [6.07, 6.45) is 3.00. The van der Waals surface area contributed by atoms with Crippen molar-refractivity contribution in [2.45, 2.75) is 37.1 Å². The third kappa shape index (κ3) is 4.82. The largest absolute Gasteiger partial charge is 0.383 e. The molecule has 1 aliphatic rings. The Kier molecular flexibility index (Phi) is 6.36. The van der Waals surface area contributed by atoms with E-state index in [1.165, 1.54) is 0 Å². The van der Waals surface area contributed by atoms with Crippen LogP contribution in [0.15, 0.2) is 0 Å². The minimum Gasteiger partial charge on any atom is -0.383 e. The predicted octanol–water partition coefficient (Wildman–Crippen LogP) is 1.11. The quantitative estimate of drug-likeness (QED) is 0.743. The van der Waals surface area contributed by atoms with Crippen molar-refractivity contribution >= 4 is 26.1 Å². The lowest BCUT2D eigenvalue weighted by molar-refractivity contribution is 0.200. The summed E-state index contributed by atoms with van der Waals surface area (Å²) in [6.45, 7) is 3.41. The molecule has 2 atom stereocenters. The lowest BCUT2D eigenvalue weighted by Crippen LogP contribution is -2.49. The molecular formula is C10H21BrN2O3S. The summed E-state index contributed by atoms with van der Waals surface area (Å²) >= 11 is 3.36. The molecule has 5 nitrogen and oxygen atoms in total. The van der Waals surface area contributed by atoms with Crippen molar-refractivity contribution in [3.05, 3.63) is 0 Å². The molecule has 0 amide bonds. The van der Waals surface area contributed by atoms with Crippen molar-refractivity contribution in [3.63, 3.8) is 0 Å². The van der Waals surface area contributed by atoms with Gasteiger partial charge in [-0.1, -0.05) is 22.4 Å². The van der Waals surface area contributed by atoms with Crippen molar-refractivity contribution in [1.29, 1.82) is 0 Å². The highest BCUT2D eigenvalue weighted by molar-refractivity contribution is 9.09. The van der Waals surface area contributed by atoms with Gasteiger partial charge in [-0.05, 0) is 19.8 Å². The van der Waals surface area contributed by atoms with E-state index in [0.717, 1.165) is 19.3 Å². The average molecular weight is 329 g/mol. The van der Waals surface area contributed by atoms with Crippen LogP contribution in [0.2, 0.25) is 0 Å². The molecule has 1 N–H and O–H groups in total. The standard InChI is InChI=1S/C10H21BrN2O3S/c1-9-5-3-4-6-13(9)17(14,15)12-7-10(11)8-16-2/h9-10,12H,3-8H2,1-2H3. The maximum absolute atomic E-state index is 12.1. The van der Waals surface area contributed by atoms with Crippen LogP contribution in [0.3, 0.4) is 0 Å². The van der Waals surface area contributed by atoms with E-state index < -0.39 is 10.2 Å². The molecule has 1 aliphatic heterocycles. The summed E-state index contributed by atoms with van der Waals surface area (Å²) in [5, 5.41) is 0.